The lowest BCUT2D eigenvalue weighted by atomic mass is 9.90. The zero-order chi connectivity index (χ0) is 21.1. The van der Waals surface area contributed by atoms with Crippen LogP contribution in [-0.4, -0.2) is 23.7 Å². The van der Waals surface area contributed by atoms with Crippen LogP contribution in [0.4, 0.5) is 4.79 Å². The molecular formula is C22H33NO5. The van der Waals surface area contributed by atoms with E-state index >= 15 is 0 Å². The van der Waals surface area contributed by atoms with Gasteiger partial charge >= 0.3 is 12.1 Å². The van der Waals surface area contributed by atoms with E-state index < -0.39 is 23.7 Å². The molecule has 1 aromatic rings. The lowest BCUT2D eigenvalue weighted by Crippen LogP contribution is -2.42. The molecule has 0 saturated heterocycles. The minimum absolute atomic E-state index is 0.220. The minimum atomic E-state index is -0.898. The van der Waals surface area contributed by atoms with Gasteiger partial charge in [0.15, 0.2) is 5.75 Å². The first-order valence-electron chi connectivity index (χ1n) is 10.00. The van der Waals surface area contributed by atoms with E-state index in [-0.39, 0.29) is 5.92 Å². The van der Waals surface area contributed by atoms with Gasteiger partial charge in [-0.2, -0.15) is 0 Å². The van der Waals surface area contributed by atoms with Crippen LogP contribution in [0.2, 0.25) is 0 Å². The molecule has 1 amide bonds. The van der Waals surface area contributed by atoms with Crippen molar-refractivity contribution in [1.82, 2.24) is 5.32 Å². The molecule has 0 radical (unpaired) electrons. The van der Waals surface area contributed by atoms with Crippen LogP contribution in [0.5, 0.6) is 5.75 Å². The molecule has 1 aliphatic carbocycles. The summed E-state index contributed by atoms with van der Waals surface area (Å²) in [4.78, 5) is 34.8. The molecule has 156 valence electrons. The fourth-order valence-corrected chi connectivity index (χ4v) is 3.03. The first kappa shape index (κ1) is 22.1. The van der Waals surface area contributed by atoms with Gasteiger partial charge in [0.05, 0.1) is 0 Å². The Hall–Kier alpha value is -2.24. The Kier molecular flexibility index (Phi) is 6.96. The Morgan fingerprint density at radius 2 is 1.68 bits per heavy atom. The molecule has 0 aliphatic heterocycles. The van der Waals surface area contributed by atoms with E-state index in [0.29, 0.717) is 17.6 Å². The number of rotatable bonds is 7. The number of ether oxygens (including phenoxy) is 1. The molecule has 1 aromatic carbocycles. The van der Waals surface area contributed by atoms with Crippen LogP contribution in [0.3, 0.4) is 0 Å². The normalized spacial score (nSPS) is 16.3. The smallest absolute Gasteiger partial charge is 0.408 e. The summed E-state index contributed by atoms with van der Waals surface area (Å²) >= 11 is 0. The highest BCUT2D eigenvalue weighted by Crippen LogP contribution is 2.46. The van der Waals surface area contributed by atoms with E-state index in [1.54, 1.807) is 20.8 Å². The third kappa shape index (κ3) is 6.14. The molecule has 6 nitrogen and oxygen atoms in total. The number of benzene rings is 1. The van der Waals surface area contributed by atoms with Gasteiger partial charge in [-0.05, 0) is 58.3 Å². The van der Waals surface area contributed by atoms with Crippen molar-refractivity contribution in [2.24, 2.45) is 5.92 Å². The first-order valence-corrected chi connectivity index (χ1v) is 10.00. The van der Waals surface area contributed by atoms with Crippen LogP contribution in [0.15, 0.2) is 18.2 Å². The summed E-state index contributed by atoms with van der Waals surface area (Å²) in [5.74, 6) is 1.12. The molecule has 6 heteroatoms. The van der Waals surface area contributed by atoms with Gasteiger partial charge in [-0.1, -0.05) is 39.0 Å². The van der Waals surface area contributed by atoms with Crippen molar-refractivity contribution in [2.45, 2.75) is 84.8 Å². The molecule has 2 atom stereocenters. The summed E-state index contributed by atoms with van der Waals surface area (Å²) in [5, 5.41) is 2.46. The monoisotopic (exact) mass is 391 g/mol. The number of carbonyl (C=O) groups excluding carboxylic acids is 2. The van der Waals surface area contributed by atoms with Crippen LogP contribution in [0.25, 0.3) is 0 Å². The molecule has 28 heavy (non-hydrogen) atoms. The van der Waals surface area contributed by atoms with Crippen molar-refractivity contribution in [3.05, 3.63) is 29.3 Å². The number of carbonyl (C=O) groups is 2. The zero-order valence-corrected chi connectivity index (χ0v) is 18.0. The number of amides is 1. The van der Waals surface area contributed by atoms with E-state index in [2.05, 4.69) is 26.1 Å². The Labute approximate surface area is 167 Å². The standard InChI is InChI=1S/C22H33NO5/c1-13(2)17-9-8-10-18(14(3)16-11-12-16)19(17)27-28-20(24)15(4)23-21(25)26-22(5,6)7/h8-10,13-16H,11-12H2,1-7H3,(H,23,25)/t14-,15?/m1/s1. The van der Waals surface area contributed by atoms with Crippen LogP contribution in [0, 0.1) is 5.92 Å². The van der Waals surface area contributed by atoms with Gasteiger partial charge in [-0.25, -0.2) is 14.5 Å². The summed E-state index contributed by atoms with van der Waals surface area (Å²) in [5.41, 5.74) is 1.40. The number of para-hydroxylation sites is 1. The van der Waals surface area contributed by atoms with Gasteiger partial charge in [0.1, 0.15) is 11.6 Å². The van der Waals surface area contributed by atoms with Crippen molar-refractivity contribution in [3.63, 3.8) is 0 Å². The maximum Gasteiger partial charge on any atom is 0.408 e. The molecule has 1 aliphatic rings. The molecule has 1 saturated carbocycles. The highest BCUT2D eigenvalue weighted by atomic mass is 17.2. The van der Waals surface area contributed by atoms with Gasteiger partial charge in [0.2, 0.25) is 0 Å². The van der Waals surface area contributed by atoms with Crippen molar-refractivity contribution >= 4 is 12.1 Å². The molecule has 0 aromatic heterocycles. The van der Waals surface area contributed by atoms with Gasteiger partial charge in [0, 0.05) is 11.1 Å². The van der Waals surface area contributed by atoms with E-state index in [9.17, 15) is 9.59 Å². The maximum absolute atomic E-state index is 12.3. The average Bonchev–Trinajstić information content (AvgIpc) is 3.41. The van der Waals surface area contributed by atoms with Crippen LogP contribution in [-0.2, 0) is 14.4 Å². The molecule has 0 spiro atoms. The fraction of sp³-hybridized carbons (Fsp3) is 0.636. The predicted molar refractivity (Wildman–Crippen MR) is 107 cm³/mol. The second-order valence-corrected chi connectivity index (χ2v) is 8.90. The highest BCUT2D eigenvalue weighted by Gasteiger charge is 2.32. The highest BCUT2D eigenvalue weighted by molar-refractivity contribution is 5.80. The molecule has 0 heterocycles. The Morgan fingerprint density at radius 1 is 1.07 bits per heavy atom. The van der Waals surface area contributed by atoms with Gasteiger partial charge < -0.3 is 10.1 Å². The van der Waals surface area contributed by atoms with Gasteiger partial charge in [0.25, 0.3) is 0 Å². The maximum atomic E-state index is 12.3. The second-order valence-electron chi connectivity index (χ2n) is 8.90. The lowest BCUT2D eigenvalue weighted by molar-refractivity contribution is -0.216. The van der Waals surface area contributed by atoms with E-state index in [1.807, 2.05) is 18.2 Å². The predicted octanol–water partition coefficient (Wildman–Crippen LogP) is 5.07. The summed E-state index contributed by atoms with van der Waals surface area (Å²) in [6.07, 6.45) is 1.74. The third-order valence-corrected chi connectivity index (χ3v) is 4.81. The molecule has 1 N–H and O–H groups in total. The van der Waals surface area contributed by atoms with E-state index in [4.69, 9.17) is 14.5 Å². The topological polar surface area (TPSA) is 73.9 Å². The van der Waals surface area contributed by atoms with Crippen LogP contribution in [0.1, 0.15) is 84.3 Å². The van der Waals surface area contributed by atoms with E-state index in [1.165, 1.54) is 19.8 Å². The van der Waals surface area contributed by atoms with E-state index in [0.717, 1.165) is 11.1 Å². The molecule has 2 rings (SSSR count). The van der Waals surface area contributed by atoms with Gasteiger partial charge in [-0.15, -0.1) is 0 Å². The van der Waals surface area contributed by atoms with Crippen molar-refractivity contribution in [1.29, 1.82) is 0 Å². The van der Waals surface area contributed by atoms with Crippen molar-refractivity contribution in [3.8, 4) is 5.75 Å². The summed E-state index contributed by atoms with van der Waals surface area (Å²) in [6, 6.07) is 5.13. The largest absolute Gasteiger partial charge is 0.444 e. The fourth-order valence-electron chi connectivity index (χ4n) is 3.03. The second kappa shape index (κ2) is 8.84. The Bertz CT molecular complexity index is 703. The lowest BCUT2D eigenvalue weighted by Gasteiger charge is -2.22. The quantitative estimate of drug-likeness (QED) is 0.519. The molecule has 0 bridgehead atoms. The Morgan fingerprint density at radius 3 is 2.21 bits per heavy atom. The third-order valence-electron chi connectivity index (χ3n) is 4.81. The molecule has 1 fully saturated rings. The van der Waals surface area contributed by atoms with Gasteiger partial charge in [-0.3, -0.25) is 4.89 Å². The number of hydrogen-bond acceptors (Lipinski definition) is 5. The summed E-state index contributed by atoms with van der Waals surface area (Å²) in [6.45, 7) is 13.1. The average molecular weight is 392 g/mol. The number of hydrogen-bond donors (Lipinski definition) is 1. The van der Waals surface area contributed by atoms with Crippen molar-refractivity contribution in [2.75, 3.05) is 0 Å². The molecular weight excluding hydrogens is 358 g/mol. The zero-order valence-electron chi connectivity index (χ0n) is 18.0. The summed E-state index contributed by atoms with van der Waals surface area (Å²) < 4.78 is 5.16. The minimum Gasteiger partial charge on any atom is -0.444 e. The Balaban J connectivity index is 2.06. The first-order chi connectivity index (χ1) is 13.0. The number of alkyl carbamates (subject to hydrolysis) is 1. The summed E-state index contributed by atoms with van der Waals surface area (Å²) in [7, 11) is 0. The molecule has 1 unspecified atom stereocenters. The van der Waals surface area contributed by atoms with Crippen LogP contribution >= 0.6 is 0 Å². The number of nitrogens with one attached hydrogen (secondary N) is 1. The van der Waals surface area contributed by atoms with Crippen molar-refractivity contribution < 1.29 is 24.1 Å². The van der Waals surface area contributed by atoms with Crippen LogP contribution < -0.4 is 10.2 Å². The SMILES string of the molecule is CC(NC(=O)OC(C)(C)C)C(=O)OOc1c(C(C)C)cccc1[C@H](C)C1CC1.